The van der Waals surface area contributed by atoms with E-state index in [0.29, 0.717) is 6.04 Å². The minimum absolute atomic E-state index is 0.0660. The highest BCUT2D eigenvalue weighted by Crippen LogP contribution is 2.24. The summed E-state index contributed by atoms with van der Waals surface area (Å²) in [5.41, 5.74) is 0. The first-order valence-electron chi connectivity index (χ1n) is 4.63. The van der Waals surface area contributed by atoms with Gasteiger partial charge in [0, 0.05) is 6.04 Å². The van der Waals surface area contributed by atoms with Gasteiger partial charge < -0.3 is 5.32 Å². The zero-order chi connectivity index (χ0) is 9.90. The normalized spacial score (nSPS) is 30.3. The van der Waals surface area contributed by atoms with E-state index < -0.39 is 10.1 Å². The maximum atomic E-state index is 10.6. The lowest BCUT2D eigenvalue weighted by Gasteiger charge is -2.27. The molecule has 1 aliphatic rings. The molecule has 0 aliphatic heterocycles. The van der Waals surface area contributed by atoms with Gasteiger partial charge in [0.05, 0.1) is 5.75 Å². The average Bonchev–Trinajstić information content (AvgIpc) is 2.03. The number of rotatable bonds is 3. The van der Waals surface area contributed by atoms with Crippen molar-refractivity contribution in [1.82, 2.24) is 5.32 Å². The molecule has 0 amide bonds. The van der Waals surface area contributed by atoms with Gasteiger partial charge in [-0.15, -0.1) is 0 Å². The van der Waals surface area contributed by atoms with Crippen molar-refractivity contribution in [3.05, 3.63) is 0 Å². The highest BCUT2D eigenvalue weighted by molar-refractivity contribution is 7.85. The third-order valence-corrected chi connectivity index (χ3v) is 3.59. The van der Waals surface area contributed by atoms with Crippen LogP contribution in [0.2, 0.25) is 0 Å². The second-order valence-corrected chi connectivity index (χ2v) is 5.25. The van der Waals surface area contributed by atoms with E-state index >= 15 is 0 Å². The van der Waals surface area contributed by atoms with Crippen molar-refractivity contribution in [3.8, 4) is 0 Å². The molecule has 0 bridgehead atoms. The molecule has 0 aromatic heterocycles. The summed E-state index contributed by atoms with van der Waals surface area (Å²) in [6.07, 6.45) is 3.81. The van der Waals surface area contributed by atoms with Gasteiger partial charge in [-0.05, 0) is 38.6 Å². The van der Waals surface area contributed by atoms with Crippen LogP contribution in [0.4, 0.5) is 0 Å². The monoisotopic (exact) mass is 207 g/mol. The van der Waals surface area contributed by atoms with E-state index in [2.05, 4.69) is 5.32 Å². The summed E-state index contributed by atoms with van der Waals surface area (Å²) in [4.78, 5) is 0. The molecule has 5 heteroatoms. The van der Waals surface area contributed by atoms with Crippen LogP contribution in [0.15, 0.2) is 0 Å². The first kappa shape index (κ1) is 10.9. The largest absolute Gasteiger partial charge is 0.317 e. The van der Waals surface area contributed by atoms with Gasteiger partial charge in [-0.25, -0.2) is 0 Å². The molecule has 0 aromatic carbocycles. The lowest BCUT2D eigenvalue weighted by atomic mass is 9.87. The molecule has 0 aromatic rings. The summed E-state index contributed by atoms with van der Waals surface area (Å²) in [7, 11) is -1.84. The van der Waals surface area contributed by atoms with Gasteiger partial charge in [0.25, 0.3) is 10.1 Å². The summed E-state index contributed by atoms with van der Waals surface area (Å²) in [6, 6.07) is 0.526. The molecule has 1 aliphatic carbocycles. The average molecular weight is 207 g/mol. The predicted molar refractivity (Wildman–Crippen MR) is 51.2 cm³/mol. The van der Waals surface area contributed by atoms with Crippen molar-refractivity contribution < 1.29 is 13.0 Å². The maximum absolute atomic E-state index is 10.6. The Morgan fingerprint density at radius 2 is 1.85 bits per heavy atom. The van der Waals surface area contributed by atoms with E-state index in [9.17, 15) is 8.42 Å². The second kappa shape index (κ2) is 4.39. The zero-order valence-electron chi connectivity index (χ0n) is 7.86. The van der Waals surface area contributed by atoms with Crippen LogP contribution in [-0.4, -0.2) is 31.8 Å². The van der Waals surface area contributed by atoms with E-state index in [1.807, 2.05) is 7.05 Å². The molecule has 0 spiro atoms. The summed E-state index contributed by atoms with van der Waals surface area (Å²) in [5.74, 6) is 0.0864. The van der Waals surface area contributed by atoms with Gasteiger partial charge in [0.2, 0.25) is 0 Å². The van der Waals surface area contributed by atoms with Gasteiger partial charge in [-0.3, -0.25) is 4.55 Å². The van der Waals surface area contributed by atoms with Gasteiger partial charge >= 0.3 is 0 Å². The third-order valence-electron chi connectivity index (χ3n) is 2.70. The van der Waals surface area contributed by atoms with Crippen molar-refractivity contribution in [2.24, 2.45) is 5.92 Å². The molecule has 0 heterocycles. The van der Waals surface area contributed by atoms with Gasteiger partial charge in [0.1, 0.15) is 0 Å². The van der Waals surface area contributed by atoms with Crippen molar-refractivity contribution in [2.75, 3.05) is 12.8 Å². The Balaban J connectivity index is 2.33. The predicted octanol–water partition coefficient (Wildman–Crippen LogP) is 0.652. The van der Waals surface area contributed by atoms with E-state index in [0.717, 1.165) is 25.7 Å². The smallest absolute Gasteiger partial charge is 0.265 e. The zero-order valence-corrected chi connectivity index (χ0v) is 8.68. The lowest BCUT2D eigenvalue weighted by molar-refractivity contribution is 0.316. The molecule has 0 radical (unpaired) electrons. The topological polar surface area (TPSA) is 66.4 Å². The number of nitrogens with one attached hydrogen (secondary N) is 1. The van der Waals surface area contributed by atoms with Crippen LogP contribution < -0.4 is 5.32 Å². The Bertz CT molecular complexity index is 242. The van der Waals surface area contributed by atoms with E-state index in [1.54, 1.807) is 0 Å². The molecular formula is C8H17NO3S. The molecule has 1 fully saturated rings. The first-order valence-corrected chi connectivity index (χ1v) is 6.24. The molecule has 1 rings (SSSR count). The Kier molecular flexibility index (Phi) is 3.70. The van der Waals surface area contributed by atoms with Crippen LogP contribution in [0.3, 0.4) is 0 Å². The third kappa shape index (κ3) is 4.06. The summed E-state index contributed by atoms with van der Waals surface area (Å²) < 4.78 is 29.8. The molecule has 2 N–H and O–H groups in total. The highest BCUT2D eigenvalue weighted by atomic mass is 32.2. The Hall–Kier alpha value is -0.130. The summed E-state index contributed by atoms with van der Waals surface area (Å²) in [6.45, 7) is 0. The minimum Gasteiger partial charge on any atom is -0.317 e. The molecular weight excluding hydrogens is 190 g/mol. The van der Waals surface area contributed by atoms with Crippen molar-refractivity contribution in [3.63, 3.8) is 0 Å². The van der Waals surface area contributed by atoms with Crippen LogP contribution in [0.25, 0.3) is 0 Å². The Morgan fingerprint density at radius 3 is 2.23 bits per heavy atom. The summed E-state index contributed by atoms with van der Waals surface area (Å²) >= 11 is 0. The maximum Gasteiger partial charge on any atom is 0.265 e. The van der Waals surface area contributed by atoms with Crippen LogP contribution in [0.5, 0.6) is 0 Å². The van der Waals surface area contributed by atoms with Crippen LogP contribution >= 0.6 is 0 Å². The fraction of sp³-hybridized carbons (Fsp3) is 1.00. The van der Waals surface area contributed by atoms with Crippen molar-refractivity contribution in [1.29, 1.82) is 0 Å². The molecule has 13 heavy (non-hydrogen) atoms. The van der Waals surface area contributed by atoms with Gasteiger partial charge in [-0.2, -0.15) is 8.42 Å². The molecule has 4 nitrogen and oxygen atoms in total. The lowest BCUT2D eigenvalue weighted by Crippen LogP contribution is -2.32. The van der Waals surface area contributed by atoms with E-state index in [4.69, 9.17) is 4.55 Å². The standard InChI is InChI=1S/C8H17NO3S/c1-9-8-4-2-7(3-5-8)6-13(10,11)12/h7-9H,2-6H2,1H3,(H,10,11,12)/t7-,8-. The Labute approximate surface area is 79.5 Å². The van der Waals surface area contributed by atoms with Crippen LogP contribution in [0, 0.1) is 5.92 Å². The van der Waals surface area contributed by atoms with E-state index in [-0.39, 0.29) is 11.7 Å². The minimum atomic E-state index is -3.77. The fourth-order valence-electron chi connectivity index (χ4n) is 1.92. The number of hydrogen-bond donors (Lipinski definition) is 2. The molecule has 0 atom stereocenters. The van der Waals surface area contributed by atoms with Crippen LogP contribution in [0.1, 0.15) is 25.7 Å². The first-order chi connectivity index (χ1) is 6.01. The van der Waals surface area contributed by atoms with Crippen LogP contribution in [-0.2, 0) is 10.1 Å². The molecule has 1 saturated carbocycles. The molecule has 0 unspecified atom stereocenters. The SMILES string of the molecule is CN[C@H]1CC[C@H](CS(=O)(=O)O)CC1. The van der Waals surface area contributed by atoms with Gasteiger partial charge in [-0.1, -0.05) is 0 Å². The quantitative estimate of drug-likeness (QED) is 0.667. The number of hydrogen-bond acceptors (Lipinski definition) is 3. The highest BCUT2D eigenvalue weighted by Gasteiger charge is 2.23. The fourth-order valence-corrected chi connectivity index (χ4v) is 2.84. The Morgan fingerprint density at radius 1 is 1.31 bits per heavy atom. The van der Waals surface area contributed by atoms with Crippen molar-refractivity contribution in [2.45, 2.75) is 31.7 Å². The van der Waals surface area contributed by atoms with Crippen molar-refractivity contribution >= 4 is 10.1 Å². The molecule has 78 valence electrons. The van der Waals surface area contributed by atoms with E-state index in [1.165, 1.54) is 0 Å². The van der Waals surface area contributed by atoms with Gasteiger partial charge in [0.15, 0.2) is 0 Å². The second-order valence-electron chi connectivity index (χ2n) is 3.75. The summed E-state index contributed by atoms with van der Waals surface area (Å²) in [5, 5.41) is 3.18. The molecule has 0 saturated heterocycles.